The second kappa shape index (κ2) is 9.83. The molecule has 4 heterocycles. The molecule has 0 spiro atoms. The lowest BCUT2D eigenvalue weighted by molar-refractivity contribution is -0.138. The van der Waals surface area contributed by atoms with E-state index in [2.05, 4.69) is 30.6 Å². The Morgan fingerprint density at radius 2 is 1.92 bits per heavy atom. The van der Waals surface area contributed by atoms with E-state index in [1.807, 2.05) is 13.8 Å². The molecule has 2 saturated carbocycles. The molecule has 38 heavy (non-hydrogen) atoms. The minimum Gasteiger partial charge on any atom is -0.349 e. The van der Waals surface area contributed by atoms with Crippen LogP contribution in [0.25, 0.3) is 10.3 Å². The SMILES string of the molecule is Cc1nc2nc(NC(C)c3cncc(F)c3)nc(C(=O)N3CC(NC(=O)C45CCCC(CCC4)C5)C3)c2s1. The Bertz CT molecular complexity index is 1380. The van der Waals surface area contributed by atoms with E-state index in [0.717, 1.165) is 43.3 Å². The topological polar surface area (TPSA) is 113 Å². The number of aryl methyl sites for hydroxylation is 1. The van der Waals surface area contributed by atoms with Crippen LogP contribution in [0.2, 0.25) is 0 Å². The van der Waals surface area contributed by atoms with Gasteiger partial charge in [-0.05, 0) is 50.7 Å². The molecule has 3 aliphatic rings. The molecule has 3 fully saturated rings. The van der Waals surface area contributed by atoms with Gasteiger partial charge in [0.15, 0.2) is 11.3 Å². The third-order valence-corrected chi connectivity index (χ3v) is 9.30. The standard InChI is InChI=1S/C27H32FN7O2S/c1-15(18-9-19(28)12-29-11-18)30-26-33-21(22-23(34-26)31-16(2)38-22)24(36)35-13-20(14-35)32-25(37)27-7-3-5-17(10-27)6-4-8-27/h9,11-12,15,17,20H,3-8,10,13-14H2,1-2H3,(H,32,37)(H,30,33,34). The molecule has 1 saturated heterocycles. The lowest BCUT2D eigenvalue weighted by Crippen LogP contribution is -2.63. The van der Waals surface area contributed by atoms with Crippen LogP contribution in [0.3, 0.4) is 0 Å². The second-order valence-electron chi connectivity index (χ2n) is 11.1. The van der Waals surface area contributed by atoms with Gasteiger partial charge in [-0.1, -0.05) is 25.7 Å². The van der Waals surface area contributed by atoms with Gasteiger partial charge in [0.05, 0.1) is 23.3 Å². The van der Waals surface area contributed by atoms with Gasteiger partial charge in [0, 0.05) is 24.7 Å². The minimum atomic E-state index is -0.427. The molecule has 6 rings (SSSR count). The molecule has 0 aromatic carbocycles. The van der Waals surface area contributed by atoms with Crippen LogP contribution in [0.5, 0.6) is 0 Å². The van der Waals surface area contributed by atoms with Crippen molar-refractivity contribution < 1.29 is 14.0 Å². The number of nitrogens with one attached hydrogen (secondary N) is 2. The number of pyridine rings is 1. The zero-order chi connectivity index (χ0) is 26.4. The number of nitrogens with zero attached hydrogens (tertiary/aromatic N) is 5. The summed E-state index contributed by atoms with van der Waals surface area (Å²) >= 11 is 1.38. The van der Waals surface area contributed by atoms with Crippen molar-refractivity contribution >= 4 is 39.4 Å². The van der Waals surface area contributed by atoms with Crippen molar-refractivity contribution in [3.63, 3.8) is 0 Å². The number of hydrogen-bond donors (Lipinski definition) is 2. The highest BCUT2D eigenvalue weighted by atomic mass is 32.1. The van der Waals surface area contributed by atoms with Crippen molar-refractivity contribution in [2.45, 2.75) is 70.9 Å². The highest BCUT2D eigenvalue weighted by Gasteiger charge is 2.46. The van der Waals surface area contributed by atoms with Crippen LogP contribution < -0.4 is 10.6 Å². The van der Waals surface area contributed by atoms with E-state index in [9.17, 15) is 14.0 Å². The molecule has 2 amide bonds. The van der Waals surface area contributed by atoms with E-state index in [1.54, 1.807) is 11.1 Å². The van der Waals surface area contributed by atoms with E-state index in [4.69, 9.17) is 0 Å². The molecule has 1 unspecified atom stereocenters. The Kier molecular flexibility index (Phi) is 6.49. The molecular formula is C27H32FN7O2S. The number of amides is 2. The van der Waals surface area contributed by atoms with E-state index in [0.29, 0.717) is 40.6 Å². The summed E-state index contributed by atoms with van der Waals surface area (Å²) in [6.45, 7) is 4.63. The first kappa shape index (κ1) is 25.1. The number of carbonyl (C=O) groups is 2. The summed E-state index contributed by atoms with van der Waals surface area (Å²) in [4.78, 5) is 45.9. The van der Waals surface area contributed by atoms with Gasteiger partial charge in [0.1, 0.15) is 10.5 Å². The van der Waals surface area contributed by atoms with E-state index in [1.165, 1.54) is 30.2 Å². The van der Waals surface area contributed by atoms with Gasteiger partial charge in [0.25, 0.3) is 5.91 Å². The normalized spacial score (nSPS) is 24.1. The van der Waals surface area contributed by atoms with Crippen LogP contribution in [0.1, 0.15) is 79.0 Å². The fraction of sp³-hybridized carbons (Fsp3) is 0.556. The fourth-order valence-electron chi connectivity index (χ4n) is 6.31. The molecular weight excluding hydrogens is 505 g/mol. The van der Waals surface area contributed by atoms with Gasteiger partial charge in [0.2, 0.25) is 11.9 Å². The number of anilines is 1. The largest absolute Gasteiger partial charge is 0.349 e. The first-order valence-corrected chi connectivity index (χ1v) is 14.2. The lowest BCUT2D eigenvalue weighted by Gasteiger charge is -2.46. The number of likely N-dealkylation sites (tertiary alicyclic amines) is 1. The number of carbonyl (C=O) groups excluding carboxylic acids is 2. The molecule has 9 nitrogen and oxygen atoms in total. The number of rotatable bonds is 6. The summed E-state index contributed by atoms with van der Waals surface area (Å²) in [5, 5.41) is 7.19. The predicted molar refractivity (Wildman–Crippen MR) is 142 cm³/mol. The molecule has 0 radical (unpaired) electrons. The number of aromatic nitrogens is 4. The molecule has 1 aliphatic heterocycles. The Labute approximate surface area is 224 Å². The van der Waals surface area contributed by atoms with Gasteiger partial charge in [-0.3, -0.25) is 14.6 Å². The summed E-state index contributed by atoms with van der Waals surface area (Å²) in [5.74, 6) is 0.478. The Balaban J connectivity index is 1.15. The molecule has 1 atom stereocenters. The van der Waals surface area contributed by atoms with Gasteiger partial charge >= 0.3 is 0 Å². The van der Waals surface area contributed by atoms with Gasteiger partial charge in [-0.25, -0.2) is 14.4 Å². The minimum absolute atomic E-state index is 0.0400. The summed E-state index contributed by atoms with van der Waals surface area (Å²) < 4.78 is 14.3. The van der Waals surface area contributed by atoms with Crippen LogP contribution in [0, 0.1) is 24.1 Å². The van der Waals surface area contributed by atoms with Crippen LogP contribution >= 0.6 is 11.3 Å². The average molecular weight is 538 g/mol. The highest BCUT2D eigenvalue weighted by molar-refractivity contribution is 7.18. The quantitative estimate of drug-likeness (QED) is 0.479. The highest BCUT2D eigenvalue weighted by Crippen LogP contribution is 2.49. The average Bonchev–Trinajstić information content (AvgIpc) is 3.25. The maximum atomic E-state index is 13.7. The number of fused-ring (bicyclic) bond motifs is 3. The summed E-state index contributed by atoms with van der Waals surface area (Å²) in [5.41, 5.74) is 1.17. The smallest absolute Gasteiger partial charge is 0.274 e. The van der Waals surface area contributed by atoms with Crippen LogP contribution in [-0.4, -0.2) is 55.8 Å². The van der Waals surface area contributed by atoms with Crippen molar-refractivity contribution in [1.82, 2.24) is 30.2 Å². The predicted octanol–water partition coefficient (Wildman–Crippen LogP) is 4.40. The molecule has 3 aromatic rings. The summed E-state index contributed by atoms with van der Waals surface area (Å²) in [6.07, 6.45) is 10.5. The Hall–Kier alpha value is -3.21. The summed E-state index contributed by atoms with van der Waals surface area (Å²) in [6, 6.07) is 1.03. The number of thiazole rings is 1. The van der Waals surface area contributed by atoms with Crippen molar-refractivity contribution in [2.24, 2.45) is 11.3 Å². The van der Waals surface area contributed by atoms with Crippen LogP contribution in [0.15, 0.2) is 18.5 Å². The molecule has 2 aliphatic carbocycles. The van der Waals surface area contributed by atoms with Crippen LogP contribution in [-0.2, 0) is 4.79 Å². The molecule has 2 N–H and O–H groups in total. The van der Waals surface area contributed by atoms with Gasteiger partial charge in [-0.15, -0.1) is 11.3 Å². The Morgan fingerprint density at radius 1 is 1.16 bits per heavy atom. The van der Waals surface area contributed by atoms with E-state index < -0.39 is 5.82 Å². The number of hydrogen-bond acceptors (Lipinski definition) is 8. The monoisotopic (exact) mass is 537 g/mol. The lowest BCUT2D eigenvalue weighted by atomic mass is 9.61. The fourth-order valence-corrected chi connectivity index (χ4v) is 7.15. The molecule has 2 bridgehead atoms. The zero-order valence-corrected chi connectivity index (χ0v) is 22.5. The van der Waals surface area contributed by atoms with Crippen molar-refractivity contribution in [1.29, 1.82) is 0 Å². The van der Waals surface area contributed by atoms with E-state index in [-0.39, 0.29) is 35.3 Å². The molecule has 11 heteroatoms. The van der Waals surface area contributed by atoms with E-state index >= 15 is 0 Å². The zero-order valence-electron chi connectivity index (χ0n) is 21.7. The first-order valence-electron chi connectivity index (χ1n) is 13.4. The van der Waals surface area contributed by atoms with Gasteiger partial charge in [-0.2, -0.15) is 4.98 Å². The Morgan fingerprint density at radius 3 is 2.66 bits per heavy atom. The van der Waals surface area contributed by atoms with Crippen molar-refractivity contribution in [3.8, 4) is 0 Å². The third-order valence-electron chi connectivity index (χ3n) is 8.34. The maximum Gasteiger partial charge on any atom is 0.274 e. The summed E-state index contributed by atoms with van der Waals surface area (Å²) in [7, 11) is 0. The first-order chi connectivity index (χ1) is 18.3. The maximum absolute atomic E-state index is 13.7. The van der Waals surface area contributed by atoms with Crippen LogP contribution in [0.4, 0.5) is 10.3 Å². The van der Waals surface area contributed by atoms with Crippen molar-refractivity contribution in [2.75, 3.05) is 18.4 Å². The molecule has 200 valence electrons. The van der Waals surface area contributed by atoms with Crippen molar-refractivity contribution in [3.05, 3.63) is 40.5 Å². The van der Waals surface area contributed by atoms with Gasteiger partial charge < -0.3 is 15.5 Å². The second-order valence-corrected chi connectivity index (χ2v) is 12.3. The number of halogens is 1. The third kappa shape index (κ3) is 4.72. The molecule has 3 aromatic heterocycles.